The number of hydrogen-bond donors (Lipinski definition) is 3. The highest BCUT2D eigenvalue weighted by Gasteiger charge is 2.40. The summed E-state index contributed by atoms with van der Waals surface area (Å²) in [6.07, 6.45) is -0.935. The fourth-order valence-corrected chi connectivity index (χ4v) is 1.25. The van der Waals surface area contributed by atoms with E-state index in [0.29, 0.717) is 12.8 Å². The van der Waals surface area contributed by atoms with E-state index >= 15 is 0 Å². The Bertz CT molecular complexity index is 159. The van der Waals surface area contributed by atoms with E-state index in [1.807, 2.05) is 0 Å². The Labute approximate surface area is 71.1 Å². The first kappa shape index (κ1) is 9.67. The van der Waals surface area contributed by atoms with Crippen LogP contribution in [0.15, 0.2) is 12.7 Å². The van der Waals surface area contributed by atoms with Crippen LogP contribution in [0.2, 0.25) is 0 Å². The van der Waals surface area contributed by atoms with Crippen LogP contribution in [0.4, 0.5) is 0 Å². The van der Waals surface area contributed by atoms with Gasteiger partial charge in [0.1, 0.15) is 12.2 Å². The third kappa shape index (κ3) is 1.84. The van der Waals surface area contributed by atoms with Crippen LogP contribution in [-0.2, 0) is 4.74 Å². The van der Waals surface area contributed by atoms with Gasteiger partial charge in [-0.2, -0.15) is 0 Å². The maximum absolute atomic E-state index is 9.29. The molecule has 4 atom stereocenters. The molecule has 12 heavy (non-hydrogen) atoms. The van der Waals surface area contributed by atoms with Crippen LogP contribution >= 0.6 is 0 Å². The Balaban J connectivity index is 2.41. The number of hydrogen-bond acceptors (Lipinski definition) is 4. The topological polar surface area (TPSA) is 69.9 Å². The van der Waals surface area contributed by atoms with Gasteiger partial charge in [-0.3, -0.25) is 0 Å². The van der Waals surface area contributed by atoms with Crippen molar-refractivity contribution < 1.29 is 20.1 Å². The molecule has 0 spiro atoms. The molecule has 1 aliphatic heterocycles. The lowest BCUT2D eigenvalue weighted by atomic mass is 10.1. The van der Waals surface area contributed by atoms with E-state index in [-0.39, 0.29) is 0 Å². The summed E-state index contributed by atoms with van der Waals surface area (Å²) < 4.78 is 4.90. The quantitative estimate of drug-likeness (QED) is 0.499. The zero-order chi connectivity index (χ0) is 9.14. The highest BCUT2D eigenvalue weighted by molar-refractivity contribution is 4.87. The van der Waals surface area contributed by atoms with E-state index in [4.69, 9.17) is 14.9 Å². The van der Waals surface area contributed by atoms with Crippen molar-refractivity contribution in [3.8, 4) is 0 Å². The lowest BCUT2D eigenvalue weighted by molar-refractivity contribution is -0.127. The summed E-state index contributed by atoms with van der Waals surface area (Å²) in [4.78, 5) is 0. The number of allylic oxidation sites excluding steroid dienone is 1. The molecule has 0 radical (unpaired) electrons. The maximum Gasteiger partial charge on any atom is 0.183 e. The summed E-state index contributed by atoms with van der Waals surface area (Å²) in [6, 6.07) is 0. The molecule has 0 unspecified atom stereocenters. The minimum atomic E-state index is -1.25. The van der Waals surface area contributed by atoms with Gasteiger partial charge in [-0.1, -0.05) is 6.08 Å². The van der Waals surface area contributed by atoms with Gasteiger partial charge in [0.2, 0.25) is 0 Å². The van der Waals surface area contributed by atoms with E-state index in [1.165, 1.54) is 0 Å². The van der Waals surface area contributed by atoms with Crippen LogP contribution in [0, 0.1) is 0 Å². The highest BCUT2D eigenvalue weighted by Crippen LogP contribution is 2.22. The zero-order valence-electron chi connectivity index (χ0n) is 6.76. The summed E-state index contributed by atoms with van der Waals surface area (Å²) in [6.45, 7) is 3.52. The molecule has 0 saturated carbocycles. The summed E-state index contributed by atoms with van der Waals surface area (Å²) in [7, 11) is 0. The molecule has 1 heterocycles. The van der Waals surface area contributed by atoms with Crippen molar-refractivity contribution in [2.45, 2.75) is 37.4 Å². The molecular formula is C8H14O4. The van der Waals surface area contributed by atoms with Crippen LogP contribution in [0.1, 0.15) is 12.8 Å². The first-order chi connectivity index (χ1) is 5.66. The molecule has 1 rings (SSSR count). The molecule has 4 heteroatoms. The maximum atomic E-state index is 9.29. The van der Waals surface area contributed by atoms with Crippen LogP contribution in [-0.4, -0.2) is 39.9 Å². The first-order valence-corrected chi connectivity index (χ1v) is 3.97. The van der Waals surface area contributed by atoms with Crippen molar-refractivity contribution in [3.05, 3.63) is 12.7 Å². The van der Waals surface area contributed by atoms with Gasteiger partial charge in [0, 0.05) is 0 Å². The van der Waals surface area contributed by atoms with Crippen LogP contribution in [0.3, 0.4) is 0 Å². The molecule has 0 aromatic carbocycles. The van der Waals surface area contributed by atoms with Gasteiger partial charge in [0.05, 0.1) is 6.10 Å². The van der Waals surface area contributed by atoms with Crippen molar-refractivity contribution in [2.24, 2.45) is 0 Å². The first-order valence-electron chi connectivity index (χ1n) is 3.97. The largest absolute Gasteiger partial charge is 0.387 e. The van der Waals surface area contributed by atoms with Gasteiger partial charge in [-0.25, -0.2) is 0 Å². The third-order valence-electron chi connectivity index (χ3n) is 1.99. The summed E-state index contributed by atoms with van der Waals surface area (Å²) in [5, 5.41) is 27.4. The van der Waals surface area contributed by atoms with Gasteiger partial charge in [0.15, 0.2) is 6.29 Å². The summed E-state index contributed by atoms with van der Waals surface area (Å²) >= 11 is 0. The molecule has 1 fully saturated rings. The Morgan fingerprint density at radius 1 is 1.25 bits per heavy atom. The highest BCUT2D eigenvalue weighted by atomic mass is 16.6. The van der Waals surface area contributed by atoms with Crippen molar-refractivity contribution in [2.75, 3.05) is 0 Å². The molecule has 1 aliphatic rings. The predicted octanol–water partition coefficient (Wildman–Crippen LogP) is -0.608. The van der Waals surface area contributed by atoms with Crippen LogP contribution in [0.25, 0.3) is 0 Å². The molecule has 70 valence electrons. The van der Waals surface area contributed by atoms with E-state index in [9.17, 15) is 5.11 Å². The fraction of sp³-hybridized carbons (Fsp3) is 0.750. The molecule has 0 bridgehead atoms. The normalized spacial score (nSPS) is 41.6. The Morgan fingerprint density at radius 3 is 2.33 bits per heavy atom. The van der Waals surface area contributed by atoms with Crippen LogP contribution in [0.5, 0.6) is 0 Å². The lowest BCUT2D eigenvalue weighted by Crippen LogP contribution is -2.32. The Morgan fingerprint density at radius 2 is 1.92 bits per heavy atom. The second-order valence-electron chi connectivity index (χ2n) is 2.91. The molecular weight excluding hydrogens is 160 g/mol. The average molecular weight is 174 g/mol. The number of ether oxygens (including phenoxy) is 1. The number of aliphatic hydroxyl groups is 3. The number of aliphatic hydroxyl groups excluding tert-OH is 3. The fourth-order valence-electron chi connectivity index (χ4n) is 1.25. The summed E-state index contributed by atoms with van der Waals surface area (Å²) in [5.74, 6) is 0. The predicted molar refractivity (Wildman–Crippen MR) is 42.3 cm³/mol. The third-order valence-corrected chi connectivity index (χ3v) is 1.99. The molecule has 0 aromatic heterocycles. The van der Waals surface area contributed by atoms with Gasteiger partial charge in [-0.05, 0) is 12.8 Å². The van der Waals surface area contributed by atoms with E-state index in [1.54, 1.807) is 6.08 Å². The number of rotatable bonds is 3. The van der Waals surface area contributed by atoms with Crippen LogP contribution < -0.4 is 0 Å². The molecule has 1 saturated heterocycles. The van der Waals surface area contributed by atoms with Gasteiger partial charge < -0.3 is 20.1 Å². The van der Waals surface area contributed by atoms with Crippen molar-refractivity contribution in [1.29, 1.82) is 0 Å². The minimum Gasteiger partial charge on any atom is -0.387 e. The zero-order valence-corrected chi connectivity index (χ0v) is 6.76. The van der Waals surface area contributed by atoms with E-state index in [0.717, 1.165) is 0 Å². The average Bonchev–Trinajstić information content (AvgIpc) is 2.30. The van der Waals surface area contributed by atoms with Gasteiger partial charge >= 0.3 is 0 Å². The van der Waals surface area contributed by atoms with Gasteiger partial charge in [-0.15, -0.1) is 6.58 Å². The molecule has 0 aromatic rings. The van der Waals surface area contributed by atoms with E-state index < -0.39 is 24.6 Å². The smallest absolute Gasteiger partial charge is 0.183 e. The monoisotopic (exact) mass is 174 g/mol. The minimum absolute atomic E-state index is 0.479. The molecule has 0 amide bonds. The second-order valence-corrected chi connectivity index (χ2v) is 2.91. The van der Waals surface area contributed by atoms with E-state index in [2.05, 4.69) is 6.58 Å². The SMILES string of the molecule is C=CCC[C@H]1O[C@@H](O)[C@H](O)[C@@H]1O. The summed E-state index contributed by atoms with van der Waals surface area (Å²) in [5.41, 5.74) is 0. The molecule has 0 aliphatic carbocycles. The molecule has 4 nitrogen and oxygen atoms in total. The standard InChI is InChI=1S/C8H14O4/c1-2-3-4-5-6(9)7(10)8(11)12-5/h2,5-11H,1,3-4H2/t5-,6-,7-,8-/m1/s1. The van der Waals surface area contributed by atoms with Crippen molar-refractivity contribution in [3.63, 3.8) is 0 Å². The Kier molecular flexibility index (Phi) is 3.22. The van der Waals surface area contributed by atoms with Crippen molar-refractivity contribution in [1.82, 2.24) is 0 Å². The van der Waals surface area contributed by atoms with Gasteiger partial charge in [0.25, 0.3) is 0 Å². The Hall–Kier alpha value is -0.420. The van der Waals surface area contributed by atoms with Crippen molar-refractivity contribution >= 4 is 0 Å². The second kappa shape index (κ2) is 4.00. The molecule has 3 N–H and O–H groups in total. The lowest BCUT2D eigenvalue weighted by Gasteiger charge is -2.12.